The lowest BCUT2D eigenvalue weighted by molar-refractivity contribution is -0.383. The van der Waals surface area contributed by atoms with E-state index in [0.29, 0.717) is 22.2 Å². The van der Waals surface area contributed by atoms with Gasteiger partial charge in [0.15, 0.2) is 0 Å². The highest BCUT2D eigenvalue weighted by atomic mass is 16.6. The molecule has 7 nitrogen and oxygen atoms in total. The number of rotatable bonds is 4. The highest BCUT2D eigenvalue weighted by Gasteiger charge is 2.25. The maximum Gasteiger partial charge on any atom is 0.320 e. The number of terminal acetylenes is 1. The van der Waals surface area contributed by atoms with Crippen molar-refractivity contribution in [1.82, 2.24) is 4.98 Å². The predicted molar refractivity (Wildman–Crippen MR) is 76.9 cm³/mol. The zero-order chi connectivity index (χ0) is 15.7. The number of hydrogen-bond donors (Lipinski definition) is 3. The van der Waals surface area contributed by atoms with E-state index in [-0.39, 0.29) is 17.7 Å². The van der Waals surface area contributed by atoms with Crippen molar-refractivity contribution in [2.75, 3.05) is 0 Å². The molecule has 7 heteroatoms. The molecule has 0 aliphatic carbocycles. The number of hydrogen-bond acceptors (Lipinski definition) is 4. The van der Waals surface area contributed by atoms with Crippen LogP contribution in [0.5, 0.6) is 0 Å². The molecule has 0 radical (unpaired) electrons. The van der Waals surface area contributed by atoms with Crippen molar-refractivity contribution in [3.63, 3.8) is 0 Å². The van der Waals surface area contributed by atoms with E-state index < -0.39 is 16.9 Å². The number of nitrogens with one attached hydrogen (secondary N) is 1. The normalized spacial score (nSPS) is 12.0. The Labute approximate surface area is 119 Å². The average Bonchev–Trinajstić information content (AvgIpc) is 2.73. The number of aromatic nitrogens is 1. The van der Waals surface area contributed by atoms with Gasteiger partial charge in [-0.3, -0.25) is 14.9 Å². The van der Waals surface area contributed by atoms with E-state index in [1.54, 1.807) is 13.0 Å². The van der Waals surface area contributed by atoms with Gasteiger partial charge in [0.1, 0.15) is 11.6 Å². The lowest BCUT2D eigenvalue weighted by atomic mass is 10.00. The number of carbonyl (C=O) groups is 1. The molecule has 1 aromatic carbocycles. The molecular formula is C14H13N3O4. The molecule has 0 saturated heterocycles. The van der Waals surface area contributed by atoms with Crippen LogP contribution in [0.3, 0.4) is 0 Å². The Balaban J connectivity index is 2.76. The summed E-state index contributed by atoms with van der Waals surface area (Å²) in [5.41, 5.74) is 7.16. The molecule has 0 aliphatic heterocycles. The summed E-state index contributed by atoms with van der Waals surface area (Å²) in [7, 11) is 0. The molecule has 1 unspecified atom stereocenters. The zero-order valence-corrected chi connectivity index (χ0v) is 11.2. The number of nitrogens with zero attached hydrogens (tertiary/aromatic N) is 1. The smallest absolute Gasteiger partial charge is 0.320 e. The van der Waals surface area contributed by atoms with Gasteiger partial charge in [-0.15, -0.1) is 6.42 Å². The van der Waals surface area contributed by atoms with Gasteiger partial charge in [0.05, 0.1) is 15.8 Å². The number of benzene rings is 1. The summed E-state index contributed by atoms with van der Waals surface area (Å²) in [6.07, 6.45) is 5.28. The molecular weight excluding hydrogens is 274 g/mol. The van der Waals surface area contributed by atoms with E-state index >= 15 is 0 Å². The van der Waals surface area contributed by atoms with E-state index in [2.05, 4.69) is 10.9 Å². The van der Waals surface area contributed by atoms with Crippen LogP contribution in [0.4, 0.5) is 5.69 Å². The summed E-state index contributed by atoms with van der Waals surface area (Å²) in [6, 6.07) is 1.98. The fourth-order valence-corrected chi connectivity index (χ4v) is 2.33. The molecule has 2 rings (SSSR count). The molecule has 1 heterocycles. The van der Waals surface area contributed by atoms with Crippen LogP contribution in [-0.4, -0.2) is 27.0 Å². The third kappa shape index (κ3) is 2.44. The quantitative estimate of drug-likeness (QED) is 0.444. The van der Waals surface area contributed by atoms with Crippen molar-refractivity contribution in [3.05, 3.63) is 39.1 Å². The maximum atomic E-state index is 11.3. The van der Waals surface area contributed by atoms with Gasteiger partial charge in [-0.25, -0.2) is 0 Å². The van der Waals surface area contributed by atoms with Crippen LogP contribution < -0.4 is 5.73 Å². The molecule has 108 valence electrons. The average molecular weight is 287 g/mol. The highest BCUT2D eigenvalue weighted by molar-refractivity contribution is 5.96. The van der Waals surface area contributed by atoms with Gasteiger partial charge >= 0.3 is 5.97 Å². The Hall–Kier alpha value is -2.85. The van der Waals surface area contributed by atoms with E-state index in [1.807, 2.05) is 0 Å². The first-order valence-corrected chi connectivity index (χ1v) is 6.10. The van der Waals surface area contributed by atoms with Crippen LogP contribution in [0.25, 0.3) is 10.9 Å². The number of nitro benzene ring substituents is 1. The monoisotopic (exact) mass is 287 g/mol. The molecule has 2 aromatic rings. The number of carboxylic acids is 1. The summed E-state index contributed by atoms with van der Waals surface area (Å²) in [6.45, 7) is 1.71. The number of aromatic amines is 1. The number of nitro groups is 1. The van der Waals surface area contributed by atoms with Gasteiger partial charge in [-0.05, 0) is 24.6 Å². The highest BCUT2D eigenvalue weighted by Crippen LogP contribution is 2.34. The molecule has 1 aromatic heterocycles. The fraction of sp³-hybridized carbons (Fsp3) is 0.214. The van der Waals surface area contributed by atoms with Crippen molar-refractivity contribution < 1.29 is 14.8 Å². The zero-order valence-electron chi connectivity index (χ0n) is 11.2. The first-order valence-electron chi connectivity index (χ1n) is 6.10. The van der Waals surface area contributed by atoms with Crippen molar-refractivity contribution >= 4 is 22.6 Å². The Morgan fingerprint density at radius 3 is 2.81 bits per heavy atom. The van der Waals surface area contributed by atoms with E-state index in [4.69, 9.17) is 17.3 Å². The minimum absolute atomic E-state index is 0.0178. The van der Waals surface area contributed by atoms with E-state index in [0.717, 1.165) is 0 Å². The van der Waals surface area contributed by atoms with Crippen LogP contribution >= 0.6 is 0 Å². The largest absolute Gasteiger partial charge is 0.480 e. The van der Waals surface area contributed by atoms with Crippen LogP contribution in [0.1, 0.15) is 16.8 Å². The molecule has 4 N–H and O–H groups in total. The summed E-state index contributed by atoms with van der Waals surface area (Å²) in [5.74, 6) is 1.11. The Kier molecular flexibility index (Phi) is 3.65. The molecule has 21 heavy (non-hydrogen) atoms. The minimum Gasteiger partial charge on any atom is -0.480 e. The number of nitrogens with two attached hydrogens (primary N) is 1. The number of H-pyrrole nitrogens is 1. The lowest BCUT2D eigenvalue weighted by Crippen LogP contribution is -2.32. The SMILES string of the molecule is C#Cc1ccc2[nH]c(C)c(CC(N)C(=O)O)c2c1[N+](=O)[O-]. The van der Waals surface area contributed by atoms with Crippen LogP contribution in [0.15, 0.2) is 12.1 Å². The van der Waals surface area contributed by atoms with Crippen LogP contribution in [0.2, 0.25) is 0 Å². The molecule has 1 atom stereocenters. The summed E-state index contributed by atoms with van der Waals surface area (Å²) in [5, 5.41) is 20.6. The van der Waals surface area contributed by atoms with Gasteiger partial charge in [0.25, 0.3) is 5.69 Å². The topological polar surface area (TPSA) is 122 Å². The molecule has 0 saturated carbocycles. The second-order valence-corrected chi connectivity index (χ2v) is 4.66. The Morgan fingerprint density at radius 2 is 2.29 bits per heavy atom. The molecule has 0 aliphatic rings. The van der Waals surface area contributed by atoms with E-state index in [9.17, 15) is 14.9 Å². The van der Waals surface area contributed by atoms with Crippen molar-refractivity contribution in [1.29, 1.82) is 0 Å². The van der Waals surface area contributed by atoms with Gasteiger partial charge in [-0.1, -0.05) is 5.92 Å². The molecule has 0 bridgehead atoms. The van der Waals surface area contributed by atoms with Gasteiger partial charge in [0.2, 0.25) is 0 Å². The number of aliphatic carboxylic acids is 1. The fourth-order valence-electron chi connectivity index (χ4n) is 2.33. The van der Waals surface area contributed by atoms with Crippen LogP contribution in [-0.2, 0) is 11.2 Å². The van der Waals surface area contributed by atoms with Gasteiger partial charge in [0, 0.05) is 12.1 Å². The molecule has 0 spiro atoms. The summed E-state index contributed by atoms with van der Waals surface area (Å²) < 4.78 is 0. The van der Waals surface area contributed by atoms with Gasteiger partial charge < -0.3 is 15.8 Å². The maximum absolute atomic E-state index is 11.3. The van der Waals surface area contributed by atoms with Crippen LogP contribution in [0, 0.1) is 29.4 Å². The Morgan fingerprint density at radius 1 is 1.62 bits per heavy atom. The van der Waals surface area contributed by atoms with Crippen molar-refractivity contribution in [3.8, 4) is 12.3 Å². The number of fused-ring (bicyclic) bond motifs is 1. The second-order valence-electron chi connectivity index (χ2n) is 4.66. The number of carboxylic acid groups (broad SMARTS) is 1. The Bertz CT molecular complexity index is 786. The first kappa shape index (κ1) is 14.6. The molecule has 0 fully saturated rings. The van der Waals surface area contributed by atoms with E-state index in [1.165, 1.54) is 6.07 Å². The third-order valence-electron chi connectivity index (χ3n) is 3.33. The predicted octanol–water partition coefficient (Wildman–Crippen LogP) is 1.32. The van der Waals surface area contributed by atoms with Gasteiger partial charge in [-0.2, -0.15) is 0 Å². The summed E-state index contributed by atoms with van der Waals surface area (Å²) >= 11 is 0. The first-order chi connectivity index (χ1) is 9.86. The number of aryl methyl sites for hydroxylation is 1. The second kappa shape index (κ2) is 5.26. The van der Waals surface area contributed by atoms with Crippen molar-refractivity contribution in [2.45, 2.75) is 19.4 Å². The lowest BCUT2D eigenvalue weighted by Gasteiger charge is -2.07. The summed E-state index contributed by atoms with van der Waals surface area (Å²) in [4.78, 5) is 24.7. The van der Waals surface area contributed by atoms with Crippen molar-refractivity contribution in [2.24, 2.45) is 5.73 Å². The third-order valence-corrected chi connectivity index (χ3v) is 3.33. The standard InChI is InChI=1S/C14H13N3O4/c1-3-8-4-5-11-12(13(8)17(20)21)9(7(2)16-11)6-10(15)14(18)19/h1,4-5,10,16H,6,15H2,2H3,(H,18,19). The molecule has 0 amide bonds. The minimum atomic E-state index is -1.17.